The number of piperidine rings is 2. The fraction of sp³-hybridized carbons (Fsp3) is 0.690. The molecule has 2 saturated heterocycles. The summed E-state index contributed by atoms with van der Waals surface area (Å²) >= 11 is 6.12. The van der Waals surface area contributed by atoms with E-state index in [0.29, 0.717) is 47.5 Å². The number of benzene rings is 1. The fourth-order valence-electron chi connectivity index (χ4n) is 5.31. The number of amides is 3. The van der Waals surface area contributed by atoms with Gasteiger partial charge in [0.2, 0.25) is 5.91 Å². The second kappa shape index (κ2) is 14.9. The van der Waals surface area contributed by atoms with Crippen LogP contribution in [0.4, 0.5) is 10.5 Å². The highest BCUT2D eigenvalue weighted by molar-refractivity contribution is 6.33. The third-order valence-electron chi connectivity index (χ3n) is 7.62. The predicted octanol–water partition coefficient (Wildman–Crippen LogP) is 3.03. The van der Waals surface area contributed by atoms with Gasteiger partial charge in [0.25, 0.3) is 5.91 Å². The molecular formula is C29H46ClN5O6. The first kappa shape index (κ1) is 32.8. The second-order valence-electron chi connectivity index (χ2n) is 12.0. The van der Waals surface area contributed by atoms with Crippen LogP contribution in [0.5, 0.6) is 5.75 Å². The quantitative estimate of drug-likeness (QED) is 0.302. The lowest BCUT2D eigenvalue weighted by atomic mass is 9.94. The molecule has 3 rings (SSSR count). The van der Waals surface area contributed by atoms with E-state index in [-0.39, 0.29) is 30.9 Å². The minimum atomic E-state index is -0.627. The van der Waals surface area contributed by atoms with E-state index in [1.807, 2.05) is 4.90 Å². The minimum absolute atomic E-state index is 0.0449. The number of anilines is 1. The zero-order chi connectivity index (χ0) is 30.2. The molecule has 0 radical (unpaired) electrons. The first-order valence-corrected chi connectivity index (χ1v) is 14.8. The van der Waals surface area contributed by atoms with Crippen LogP contribution in [-0.4, -0.2) is 96.9 Å². The Kier molecular flexibility index (Phi) is 11.9. The number of methoxy groups -OCH3 is 1. The number of likely N-dealkylation sites (tertiary alicyclic amines) is 2. The highest BCUT2D eigenvalue weighted by Gasteiger charge is 2.28. The monoisotopic (exact) mass is 595 g/mol. The molecular weight excluding hydrogens is 550 g/mol. The fourth-order valence-corrected chi connectivity index (χ4v) is 5.47. The van der Waals surface area contributed by atoms with Gasteiger partial charge in [-0.2, -0.15) is 0 Å². The zero-order valence-electron chi connectivity index (χ0n) is 24.7. The van der Waals surface area contributed by atoms with Gasteiger partial charge in [-0.25, -0.2) is 4.79 Å². The number of aliphatic hydroxyl groups excluding tert-OH is 1. The van der Waals surface area contributed by atoms with Crippen molar-refractivity contribution in [3.63, 3.8) is 0 Å². The summed E-state index contributed by atoms with van der Waals surface area (Å²) in [5.74, 6) is 0.747. The van der Waals surface area contributed by atoms with E-state index in [9.17, 15) is 19.5 Å². The first-order chi connectivity index (χ1) is 19.4. The van der Waals surface area contributed by atoms with Gasteiger partial charge in [-0.1, -0.05) is 11.6 Å². The Bertz CT molecular complexity index is 1050. The summed E-state index contributed by atoms with van der Waals surface area (Å²) in [6, 6.07) is 2.66. The van der Waals surface area contributed by atoms with Crippen LogP contribution in [0.3, 0.4) is 0 Å². The zero-order valence-corrected chi connectivity index (χ0v) is 25.5. The summed E-state index contributed by atoms with van der Waals surface area (Å²) in [5.41, 5.74) is 5.95. The van der Waals surface area contributed by atoms with Gasteiger partial charge in [-0.15, -0.1) is 0 Å². The Balaban J connectivity index is 1.35. The molecule has 230 valence electrons. The topological polar surface area (TPSA) is 146 Å². The summed E-state index contributed by atoms with van der Waals surface area (Å²) < 4.78 is 10.5. The second-order valence-corrected chi connectivity index (χ2v) is 12.4. The summed E-state index contributed by atoms with van der Waals surface area (Å²) in [6.07, 6.45) is 3.63. The summed E-state index contributed by atoms with van der Waals surface area (Å²) in [4.78, 5) is 41.9. The van der Waals surface area contributed by atoms with Crippen LogP contribution < -0.4 is 21.1 Å². The molecule has 3 amide bonds. The minimum Gasteiger partial charge on any atom is -0.496 e. The van der Waals surface area contributed by atoms with E-state index in [2.05, 4.69) is 15.5 Å². The first-order valence-electron chi connectivity index (χ1n) is 14.4. The van der Waals surface area contributed by atoms with Crippen LogP contribution in [0.25, 0.3) is 0 Å². The number of nitrogen functional groups attached to an aromatic ring is 1. The van der Waals surface area contributed by atoms with Crippen LogP contribution in [0.2, 0.25) is 5.02 Å². The number of ether oxygens (including phenoxy) is 2. The Hall–Kier alpha value is -2.76. The molecule has 2 fully saturated rings. The molecule has 1 aromatic carbocycles. The predicted molar refractivity (Wildman–Crippen MR) is 158 cm³/mol. The maximum atomic E-state index is 12.9. The van der Waals surface area contributed by atoms with Gasteiger partial charge >= 0.3 is 6.09 Å². The maximum Gasteiger partial charge on any atom is 0.407 e. The van der Waals surface area contributed by atoms with E-state index < -0.39 is 17.7 Å². The van der Waals surface area contributed by atoms with E-state index >= 15 is 0 Å². The molecule has 41 heavy (non-hydrogen) atoms. The average molecular weight is 596 g/mol. The van der Waals surface area contributed by atoms with Crippen molar-refractivity contribution in [3.8, 4) is 5.75 Å². The molecule has 0 bridgehead atoms. The lowest BCUT2D eigenvalue weighted by Gasteiger charge is -2.38. The number of rotatable bonds is 10. The number of halogens is 1. The van der Waals surface area contributed by atoms with Crippen LogP contribution in [0.1, 0.15) is 69.7 Å². The Morgan fingerprint density at radius 1 is 1.12 bits per heavy atom. The summed E-state index contributed by atoms with van der Waals surface area (Å²) in [6.45, 7) is 9.27. The average Bonchev–Trinajstić information content (AvgIpc) is 2.92. The number of nitrogens with two attached hydrogens (primary N) is 1. The van der Waals surface area contributed by atoms with Gasteiger partial charge in [0.1, 0.15) is 11.4 Å². The highest BCUT2D eigenvalue weighted by Crippen LogP contribution is 2.29. The van der Waals surface area contributed by atoms with E-state index in [4.69, 9.17) is 26.8 Å². The number of carbonyl (C=O) groups excluding carboxylic acids is 3. The Morgan fingerprint density at radius 3 is 2.37 bits per heavy atom. The standard InChI is InChI=1S/C29H46ClN5O6/c1-29(2,3)41-28(39)33-21(18-36)5-6-26(37)35-13-7-19(8-14-35)17-34-11-9-20(10-12-34)32-27(38)22-15-23(30)24(31)16-25(22)40-4/h15-16,19-21,36H,5-14,17-18,31H2,1-4H3,(H,32,38)(H,33,39). The van der Waals surface area contributed by atoms with Crippen molar-refractivity contribution in [2.45, 2.75) is 77.0 Å². The summed E-state index contributed by atoms with van der Waals surface area (Å²) in [5, 5.41) is 15.7. The molecule has 2 aliphatic heterocycles. The van der Waals surface area contributed by atoms with Gasteiger partial charge in [0.05, 0.1) is 36.0 Å². The van der Waals surface area contributed by atoms with Crippen LogP contribution in [0.15, 0.2) is 12.1 Å². The van der Waals surface area contributed by atoms with Crippen molar-refractivity contribution in [1.29, 1.82) is 0 Å². The molecule has 1 atom stereocenters. The Morgan fingerprint density at radius 2 is 1.78 bits per heavy atom. The molecule has 5 N–H and O–H groups in total. The van der Waals surface area contributed by atoms with Crippen LogP contribution >= 0.6 is 11.6 Å². The van der Waals surface area contributed by atoms with Gasteiger partial charge < -0.3 is 40.7 Å². The lowest BCUT2D eigenvalue weighted by Crippen LogP contribution is -2.47. The third kappa shape index (κ3) is 10.2. The molecule has 0 aromatic heterocycles. The molecule has 0 saturated carbocycles. The molecule has 0 spiro atoms. The normalized spacial score (nSPS) is 18.0. The molecule has 12 heteroatoms. The van der Waals surface area contributed by atoms with Gasteiger partial charge in [0, 0.05) is 51.3 Å². The number of nitrogens with zero attached hydrogens (tertiary/aromatic N) is 2. The van der Waals surface area contributed by atoms with Gasteiger partial charge in [-0.3, -0.25) is 9.59 Å². The maximum absolute atomic E-state index is 12.9. The SMILES string of the molecule is COc1cc(N)c(Cl)cc1C(=O)NC1CCN(CC2CCN(C(=O)CCC(CO)NC(=O)OC(C)(C)C)CC2)CC1. The molecule has 1 unspecified atom stereocenters. The molecule has 2 aliphatic rings. The van der Waals surface area contributed by atoms with Gasteiger partial charge in [-0.05, 0) is 64.9 Å². The third-order valence-corrected chi connectivity index (χ3v) is 7.95. The van der Waals surface area contributed by atoms with Crippen molar-refractivity contribution < 1.29 is 29.0 Å². The number of alkyl carbamates (subject to hydrolysis) is 1. The molecule has 2 heterocycles. The molecule has 0 aliphatic carbocycles. The van der Waals surface area contributed by atoms with Crippen molar-refractivity contribution in [2.24, 2.45) is 5.92 Å². The number of aliphatic hydroxyl groups is 1. The number of hydrogen-bond donors (Lipinski definition) is 4. The van der Waals surface area contributed by atoms with Crippen molar-refractivity contribution in [1.82, 2.24) is 20.4 Å². The Labute approximate surface area is 248 Å². The van der Waals surface area contributed by atoms with Crippen LogP contribution in [-0.2, 0) is 9.53 Å². The highest BCUT2D eigenvalue weighted by atomic mass is 35.5. The molecule has 11 nitrogen and oxygen atoms in total. The largest absolute Gasteiger partial charge is 0.496 e. The smallest absolute Gasteiger partial charge is 0.407 e. The van der Waals surface area contributed by atoms with Crippen molar-refractivity contribution in [2.75, 3.05) is 52.2 Å². The van der Waals surface area contributed by atoms with Gasteiger partial charge in [0.15, 0.2) is 0 Å². The van der Waals surface area contributed by atoms with Crippen molar-refractivity contribution in [3.05, 3.63) is 22.7 Å². The van der Waals surface area contributed by atoms with Crippen LogP contribution in [0, 0.1) is 5.92 Å². The van der Waals surface area contributed by atoms with E-state index in [1.54, 1.807) is 32.9 Å². The van der Waals surface area contributed by atoms with Crippen molar-refractivity contribution >= 4 is 35.2 Å². The lowest BCUT2D eigenvalue weighted by molar-refractivity contribution is -0.133. The number of carbonyl (C=O) groups is 3. The summed E-state index contributed by atoms with van der Waals surface area (Å²) in [7, 11) is 1.50. The molecule has 1 aromatic rings. The van der Waals surface area contributed by atoms with E-state index in [0.717, 1.165) is 45.3 Å². The number of hydrogen-bond acceptors (Lipinski definition) is 8. The number of nitrogens with one attached hydrogen (secondary N) is 2. The van der Waals surface area contributed by atoms with E-state index in [1.165, 1.54) is 7.11 Å².